The van der Waals surface area contributed by atoms with Gasteiger partial charge in [0, 0.05) is 15.2 Å². The second kappa shape index (κ2) is 7.67. The molecular weight excluding hydrogens is 441 g/mol. The standard InChI is InChI=1S/C16H14IN3O3S/c1-9-5-10(2)7-11(6-9)15(21)19-16(24)18-13-4-3-12(17)8-14(13)20(22)23/h3-8H,1-2H3,(H2,18,19,21,24). The number of hydrogen-bond acceptors (Lipinski definition) is 4. The van der Waals surface area contributed by atoms with E-state index in [1.54, 1.807) is 24.3 Å². The topological polar surface area (TPSA) is 84.3 Å². The summed E-state index contributed by atoms with van der Waals surface area (Å²) in [5.41, 5.74) is 2.53. The van der Waals surface area contributed by atoms with E-state index in [0.717, 1.165) is 14.7 Å². The van der Waals surface area contributed by atoms with Gasteiger partial charge in [0.25, 0.3) is 11.6 Å². The summed E-state index contributed by atoms with van der Waals surface area (Å²) in [6.45, 7) is 3.80. The van der Waals surface area contributed by atoms with Crippen LogP contribution in [0.15, 0.2) is 36.4 Å². The molecule has 124 valence electrons. The first-order chi connectivity index (χ1) is 11.3. The van der Waals surface area contributed by atoms with Crippen molar-refractivity contribution < 1.29 is 9.72 Å². The lowest BCUT2D eigenvalue weighted by molar-refractivity contribution is -0.384. The van der Waals surface area contributed by atoms with Crippen LogP contribution >= 0.6 is 34.8 Å². The molecule has 0 atom stereocenters. The minimum atomic E-state index is -0.501. The number of carbonyl (C=O) groups is 1. The van der Waals surface area contributed by atoms with Crippen LogP contribution in [0.4, 0.5) is 11.4 Å². The number of hydrogen-bond donors (Lipinski definition) is 2. The molecule has 0 aromatic heterocycles. The van der Waals surface area contributed by atoms with E-state index in [9.17, 15) is 14.9 Å². The minimum Gasteiger partial charge on any atom is -0.327 e. The van der Waals surface area contributed by atoms with E-state index < -0.39 is 4.92 Å². The zero-order chi connectivity index (χ0) is 17.9. The van der Waals surface area contributed by atoms with E-state index in [-0.39, 0.29) is 22.4 Å². The van der Waals surface area contributed by atoms with E-state index in [0.29, 0.717) is 5.56 Å². The normalized spacial score (nSPS) is 10.1. The van der Waals surface area contributed by atoms with E-state index in [1.807, 2.05) is 42.5 Å². The molecule has 0 bridgehead atoms. The molecule has 0 radical (unpaired) electrons. The number of amides is 1. The molecule has 0 fully saturated rings. The van der Waals surface area contributed by atoms with Crippen molar-refractivity contribution in [1.82, 2.24) is 5.32 Å². The number of aryl methyl sites for hydroxylation is 2. The molecule has 2 aromatic rings. The SMILES string of the molecule is Cc1cc(C)cc(C(=O)NC(=S)Nc2ccc(I)cc2[N+](=O)[O-])c1. The van der Waals surface area contributed by atoms with Crippen LogP contribution in [0.1, 0.15) is 21.5 Å². The van der Waals surface area contributed by atoms with Gasteiger partial charge in [-0.3, -0.25) is 20.2 Å². The molecule has 6 nitrogen and oxygen atoms in total. The summed E-state index contributed by atoms with van der Waals surface area (Å²) in [5, 5.41) is 16.3. The Hall–Kier alpha value is -2.07. The van der Waals surface area contributed by atoms with Crippen LogP contribution in [0.25, 0.3) is 0 Å². The molecule has 24 heavy (non-hydrogen) atoms. The zero-order valence-corrected chi connectivity index (χ0v) is 15.9. The summed E-state index contributed by atoms with van der Waals surface area (Å²) in [4.78, 5) is 22.9. The molecule has 0 saturated heterocycles. The van der Waals surface area contributed by atoms with Crippen LogP contribution < -0.4 is 10.6 Å². The maximum atomic E-state index is 12.2. The third-order valence-electron chi connectivity index (χ3n) is 3.12. The van der Waals surface area contributed by atoms with Gasteiger partial charge in [-0.1, -0.05) is 17.2 Å². The molecule has 2 rings (SSSR count). The molecule has 0 heterocycles. The number of nitrogens with one attached hydrogen (secondary N) is 2. The minimum absolute atomic E-state index is 0.00321. The first kappa shape index (κ1) is 18.3. The molecule has 0 aliphatic rings. The maximum absolute atomic E-state index is 12.2. The highest BCUT2D eigenvalue weighted by atomic mass is 127. The van der Waals surface area contributed by atoms with Gasteiger partial charge in [-0.05, 0) is 72.9 Å². The van der Waals surface area contributed by atoms with Gasteiger partial charge in [0.05, 0.1) is 4.92 Å². The quantitative estimate of drug-likeness (QED) is 0.317. The zero-order valence-electron chi connectivity index (χ0n) is 12.9. The number of benzene rings is 2. The van der Waals surface area contributed by atoms with Gasteiger partial charge < -0.3 is 5.32 Å². The fourth-order valence-electron chi connectivity index (χ4n) is 2.20. The second-order valence-corrected chi connectivity index (χ2v) is 6.86. The highest BCUT2D eigenvalue weighted by Crippen LogP contribution is 2.26. The first-order valence-corrected chi connectivity index (χ1v) is 8.39. The van der Waals surface area contributed by atoms with Crippen LogP contribution in [-0.2, 0) is 0 Å². The average molecular weight is 455 g/mol. The molecule has 1 amide bonds. The Kier molecular flexibility index (Phi) is 5.84. The van der Waals surface area contributed by atoms with E-state index in [2.05, 4.69) is 10.6 Å². The van der Waals surface area contributed by atoms with Crippen molar-refractivity contribution in [1.29, 1.82) is 0 Å². The van der Waals surface area contributed by atoms with Crippen molar-refractivity contribution in [3.8, 4) is 0 Å². The van der Waals surface area contributed by atoms with Crippen molar-refractivity contribution in [2.75, 3.05) is 5.32 Å². The predicted octanol–water partition coefficient (Wildman–Crippen LogP) is 3.94. The van der Waals surface area contributed by atoms with Crippen molar-refractivity contribution in [3.63, 3.8) is 0 Å². The summed E-state index contributed by atoms with van der Waals surface area (Å²) in [7, 11) is 0. The van der Waals surface area contributed by atoms with Gasteiger partial charge in [-0.25, -0.2) is 0 Å². The summed E-state index contributed by atoms with van der Waals surface area (Å²) >= 11 is 7.08. The molecule has 0 aliphatic heterocycles. The van der Waals surface area contributed by atoms with Crippen LogP contribution in [0.3, 0.4) is 0 Å². The average Bonchev–Trinajstić information content (AvgIpc) is 2.47. The third kappa shape index (κ3) is 4.71. The Morgan fingerprint density at radius 2 is 1.79 bits per heavy atom. The Balaban J connectivity index is 2.14. The molecule has 0 aliphatic carbocycles. The smallest absolute Gasteiger partial charge is 0.293 e. The van der Waals surface area contributed by atoms with Crippen molar-refractivity contribution in [2.24, 2.45) is 0 Å². The molecule has 2 aromatic carbocycles. The third-order valence-corrected chi connectivity index (χ3v) is 3.99. The fraction of sp³-hybridized carbons (Fsp3) is 0.125. The number of rotatable bonds is 3. The highest BCUT2D eigenvalue weighted by Gasteiger charge is 2.16. The number of halogens is 1. The molecule has 8 heteroatoms. The van der Waals surface area contributed by atoms with Gasteiger partial charge in [-0.2, -0.15) is 0 Å². The second-order valence-electron chi connectivity index (χ2n) is 5.20. The lowest BCUT2D eigenvalue weighted by Crippen LogP contribution is -2.34. The van der Waals surface area contributed by atoms with Crippen molar-refractivity contribution in [2.45, 2.75) is 13.8 Å². The lowest BCUT2D eigenvalue weighted by Gasteiger charge is -2.11. The van der Waals surface area contributed by atoms with E-state index >= 15 is 0 Å². The van der Waals surface area contributed by atoms with Crippen molar-refractivity contribution >= 4 is 57.2 Å². The first-order valence-electron chi connectivity index (χ1n) is 6.91. The molecule has 0 spiro atoms. The molecule has 0 saturated carbocycles. The van der Waals surface area contributed by atoms with Gasteiger partial charge in [0.15, 0.2) is 5.11 Å². The molecule has 0 unspecified atom stereocenters. The van der Waals surface area contributed by atoms with Crippen LogP contribution in [-0.4, -0.2) is 15.9 Å². The Morgan fingerprint density at radius 1 is 1.17 bits per heavy atom. The molecular formula is C16H14IN3O3S. The largest absolute Gasteiger partial charge is 0.327 e. The van der Waals surface area contributed by atoms with Crippen LogP contribution in [0.2, 0.25) is 0 Å². The Labute approximate surface area is 157 Å². The number of thiocarbonyl (C=S) groups is 1. The summed E-state index contributed by atoms with van der Waals surface area (Å²) < 4.78 is 0.732. The van der Waals surface area contributed by atoms with Gasteiger partial charge in [-0.15, -0.1) is 0 Å². The Bertz CT molecular complexity index is 819. The number of nitro benzene ring substituents is 1. The monoisotopic (exact) mass is 455 g/mol. The number of carbonyl (C=O) groups excluding carboxylic acids is 1. The number of anilines is 1. The van der Waals surface area contributed by atoms with E-state index in [4.69, 9.17) is 12.2 Å². The van der Waals surface area contributed by atoms with Crippen molar-refractivity contribution in [3.05, 3.63) is 66.8 Å². The summed E-state index contributed by atoms with van der Waals surface area (Å²) in [6, 6.07) is 10.1. The van der Waals surface area contributed by atoms with Crippen LogP contribution in [0, 0.1) is 27.5 Å². The van der Waals surface area contributed by atoms with Crippen LogP contribution in [0.5, 0.6) is 0 Å². The van der Waals surface area contributed by atoms with Gasteiger partial charge >= 0.3 is 0 Å². The molecule has 2 N–H and O–H groups in total. The van der Waals surface area contributed by atoms with Gasteiger partial charge in [0.2, 0.25) is 0 Å². The summed E-state index contributed by atoms with van der Waals surface area (Å²) in [5.74, 6) is -0.368. The van der Waals surface area contributed by atoms with Gasteiger partial charge in [0.1, 0.15) is 5.69 Å². The van der Waals surface area contributed by atoms with E-state index in [1.165, 1.54) is 6.07 Å². The maximum Gasteiger partial charge on any atom is 0.293 e. The fourth-order valence-corrected chi connectivity index (χ4v) is 2.87. The predicted molar refractivity (Wildman–Crippen MR) is 105 cm³/mol. The summed E-state index contributed by atoms with van der Waals surface area (Å²) in [6.07, 6.45) is 0. The number of nitrogens with zero attached hydrogens (tertiary/aromatic N) is 1. The number of nitro groups is 1. The lowest BCUT2D eigenvalue weighted by atomic mass is 10.1. The highest BCUT2D eigenvalue weighted by molar-refractivity contribution is 14.1. The Morgan fingerprint density at radius 3 is 2.38 bits per heavy atom.